The summed E-state index contributed by atoms with van der Waals surface area (Å²) in [7, 11) is 0. The molecule has 16 heavy (non-hydrogen) atoms. The van der Waals surface area contributed by atoms with Gasteiger partial charge in [-0.15, -0.1) is 11.3 Å². The lowest BCUT2D eigenvalue weighted by Gasteiger charge is -2.02. The summed E-state index contributed by atoms with van der Waals surface area (Å²) in [5.41, 5.74) is 0.769. The number of hydrogen-bond acceptors (Lipinski definition) is 3. The fourth-order valence-electron chi connectivity index (χ4n) is 1.23. The second kappa shape index (κ2) is 4.76. The molecule has 0 atom stereocenters. The molecular weight excluding hydrogens is 288 g/mol. The third-order valence-corrected chi connectivity index (χ3v) is 3.33. The van der Waals surface area contributed by atoms with E-state index >= 15 is 0 Å². The molecule has 0 saturated heterocycles. The summed E-state index contributed by atoms with van der Waals surface area (Å²) >= 11 is 4.74. The molecule has 1 aromatic carbocycles. The molecule has 0 spiro atoms. The molecule has 82 valence electrons. The van der Waals surface area contributed by atoms with Crippen molar-refractivity contribution < 1.29 is 4.79 Å². The molecule has 0 saturated carbocycles. The van der Waals surface area contributed by atoms with E-state index in [1.165, 1.54) is 11.3 Å². The van der Waals surface area contributed by atoms with Crippen LogP contribution >= 0.6 is 27.3 Å². The van der Waals surface area contributed by atoms with Gasteiger partial charge in [0.15, 0.2) is 0 Å². The van der Waals surface area contributed by atoms with E-state index in [1.807, 2.05) is 31.2 Å². The van der Waals surface area contributed by atoms with E-state index in [9.17, 15) is 4.79 Å². The van der Waals surface area contributed by atoms with Gasteiger partial charge in [0.05, 0.1) is 11.2 Å². The standard InChI is InChI=1S/C11H9BrN2OS/c1-7-13-6-10(16-7)11(15)14-9-4-2-3-8(12)5-9/h2-6H,1H3,(H,14,15). The Balaban J connectivity index is 2.13. The number of aryl methyl sites for hydroxylation is 1. The monoisotopic (exact) mass is 296 g/mol. The maximum atomic E-state index is 11.8. The molecule has 2 rings (SSSR count). The van der Waals surface area contributed by atoms with Crippen LogP contribution in [0.1, 0.15) is 14.7 Å². The van der Waals surface area contributed by atoms with E-state index in [4.69, 9.17) is 0 Å². The minimum absolute atomic E-state index is 0.122. The molecule has 1 amide bonds. The zero-order chi connectivity index (χ0) is 11.5. The minimum Gasteiger partial charge on any atom is -0.321 e. The number of thiazole rings is 1. The molecule has 0 unspecified atom stereocenters. The maximum Gasteiger partial charge on any atom is 0.267 e. The Labute approximate surface area is 106 Å². The van der Waals surface area contributed by atoms with Crippen LogP contribution in [0.4, 0.5) is 5.69 Å². The first-order valence-corrected chi connectivity index (χ1v) is 6.25. The van der Waals surface area contributed by atoms with Crippen LogP contribution in [0, 0.1) is 6.92 Å². The second-order valence-corrected chi connectivity index (χ2v) is 5.36. The minimum atomic E-state index is -0.122. The van der Waals surface area contributed by atoms with Crippen LogP contribution in [-0.2, 0) is 0 Å². The van der Waals surface area contributed by atoms with Crippen LogP contribution in [-0.4, -0.2) is 10.9 Å². The lowest BCUT2D eigenvalue weighted by molar-refractivity contribution is 0.103. The van der Waals surface area contributed by atoms with Crippen molar-refractivity contribution in [1.82, 2.24) is 4.98 Å². The zero-order valence-corrected chi connectivity index (χ0v) is 10.9. The fourth-order valence-corrected chi connectivity index (χ4v) is 2.30. The number of carbonyl (C=O) groups excluding carboxylic acids is 1. The van der Waals surface area contributed by atoms with Gasteiger partial charge in [-0.1, -0.05) is 22.0 Å². The molecule has 0 bridgehead atoms. The molecule has 0 aliphatic rings. The summed E-state index contributed by atoms with van der Waals surface area (Å²) in [5, 5.41) is 3.70. The number of rotatable bonds is 2. The Kier molecular flexibility index (Phi) is 3.36. The van der Waals surface area contributed by atoms with Crippen LogP contribution in [0.25, 0.3) is 0 Å². The molecule has 0 radical (unpaired) electrons. The summed E-state index contributed by atoms with van der Waals surface area (Å²) in [6, 6.07) is 7.48. The van der Waals surface area contributed by atoms with Crippen LogP contribution in [0.5, 0.6) is 0 Å². The quantitative estimate of drug-likeness (QED) is 0.922. The summed E-state index contributed by atoms with van der Waals surface area (Å²) in [6.07, 6.45) is 1.59. The first-order valence-electron chi connectivity index (χ1n) is 4.64. The van der Waals surface area contributed by atoms with Crippen LogP contribution in [0.2, 0.25) is 0 Å². The highest BCUT2D eigenvalue weighted by Crippen LogP contribution is 2.18. The van der Waals surface area contributed by atoms with Crippen molar-refractivity contribution in [2.45, 2.75) is 6.92 Å². The number of aromatic nitrogens is 1. The molecule has 1 heterocycles. The van der Waals surface area contributed by atoms with E-state index in [2.05, 4.69) is 26.2 Å². The number of anilines is 1. The smallest absolute Gasteiger partial charge is 0.267 e. The summed E-state index contributed by atoms with van der Waals surface area (Å²) in [4.78, 5) is 16.5. The zero-order valence-electron chi connectivity index (χ0n) is 8.53. The SMILES string of the molecule is Cc1ncc(C(=O)Nc2cccc(Br)c2)s1. The topological polar surface area (TPSA) is 42.0 Å². The van der Waals surface area contributed by atoms with E-state index < -0.39 is 0 Å². The van der Waals surface area contributed by atoms with Gasteiger partial charge in [-0.3, -0.25) is 4.79 Å². The van der Waals surface area contributed by atoms with Gasteiger partial charge in [-0.05, 0) is 25.1 Å². The van der Waals surface area contributed by atoms with Gasteiger partial charge in [-0.2, -0.15) is 0 Å². The number of halogens is 1. The van der Waals surface area contributed by atoms with Crippen LogP contribution < -0.4 is 5.32 Å². The van der Waals surface area contributed by atoms with E-state index in [0.29, 0.717) is 4.88 Å². The molecule has 1 N–H and O–H groups in total. The molecule has 3 nitrogen and oxygen atoms in total. The summed E-state index contributed by atoms with van der Waals surface area (Å²) < 4.78 is 0.936. The Hall–Kier alpha value is -1.20. The number of nitrogens with zero attached hydrogens (tertiary/aromatic N) is 1. The van der Waals surface area contributed by atoms with E-state index in [0.717, 1.165) is 15.2 Å². The average Bonchev–Trinajstić information content (AvgIpc) is 2.65. The maximum absolute atomic E-state index is 11.8. The Bertz CT molecular complexity index is 524. The third kappa shape index (κ3) is 2.68. The average molecular weight is 297 g/mol. The predicted octanol–water partition coefficient (Wildman–Crippen LogP) is 3.47. The molecule has 0 aliphatic carbocycles. The lowest BCUT2D eigenvalue weighted by Crippen LogP contribution is -2.09. The van der Waals surface area contributed by atoms with Crippen LogP contribution in [0.3, 0.4) is 0 Å². The van der Waals surface area contributed by atoms with Gasteiger partial charge >= 0.3 is 0 Å². The molecule has 1 aromatic heterocycles. The van der Waals surface area contributed by atoms with Gasteiger partial charge in [0.25, 0.3) is 5.91 Å². The first-order chi connectivity index (χ1) is 7.65. The number of hydrogen-bond donors (Lipinski definition) is 1. The summed E-state index contributed by atoms with van der Waals surface area (Å²) in [6.45, 7) is 1.88. The highest BCUT2D eigenvalue weighted by atomic mass is 79.9. The van der Waals surface area contributed by atoms with Crippen molar-refractivity contribution in [1.29, 1.82) is 0 Å². The van der Waals surface area contributed by atoms with E-state index in [1.54, 1.807) is 6.20 Å². The normalized spacial score (nSPS) is 10.1. The van der Waals surface area contributed by atoms with Gasteiger partial charge in [0.2, 0.25) is 0 Å². The number of nitrogens with one attached hydrogen (secondary N) is 1. The molecule has 0 fully saturated rings. The molecule has 0 aliphatic heterocycles. The molecular formula is C11H9BrN2OS. The first kappa shape index (κ1) is 11.3. The van der Waals surface area contributed by atoms with Crippen molar-refractivity contribution in [3.05, 3.63) is 44.8 Å². The highest BCUT2D eigenvalue weighted by molar-refractivity contribution is 9.10. The van der Waals surface area contributed by atoms with Crippen molar-refractivity contribution in [2.75, 3.05) is 5.32 Å². The number of carbonyl (C=O) groups is 1. The van der Waals surface area contributed by atoms with Gasteiger partial charge in [0, 0.05) is 10.2 Å². The van der Waals surface area contributed by atoms with Crippen molar-refractivity contribution in [3.8, 4) is 0 Å². The predicted molar refractivity (Wildman–Crippen MR) is 68.9 cm³/mol. The Morgan fingerprint density at radius 3 is 2.94 bits per heavy atom. The van der Waals surface area contributed by atoms with Crippen LogP contribution in [0.15, 0.2) is 34.9 Å². The van der Waals surface area contributed by atoms with E-state index in [-0.39, 0.29) is 5.91 Å². The Morgan fingerprint density at radius 2 is 2.31 bits per heavy atom. The fraction of sp³-hybridized carbons (Fsp3) is 0.0909. The Morgan fingerprint density at radius 1 is 1.50 bits per heavy atom. The second-order valence-electron chi connectivity index (χ2n) is 3.21. The largest absolute Gasteiger partial charge is 0.321 e. The van der Waals surface area contributed by atoms with Gasteiger partial charge in [-0.25, -0.2) is 4.98 Å². The molecule has 5 heteroatoms. The summed E-state index contributed by atoms with van der Waals surface area (Å²) in [5.74, 6) is -0.122. The lowest BCUT2D eigenvalue weighted by atomic mass is 10.3. The van der Waals surface area contributed by atoms with Gasteiger partial charge in [0.1, 0.15) is 4.88 Å². The number of amides is 1. The highest BCUT2D eigenvalue weighted by Gasteiger charge is 2.08. The third-order valence-electron chi connectivity index (χ3n) is 1.93. The van der Waals surface area contributed by atoms with Crippen molar-refractivity contribution in [3.63, 3.8) is 0 Å². The van der Waals surface area contributed by atoms with Crippen molar-refractivity contribution in [2.24, 2.45) is 0 Å². The molecule has 2 aromatic rings. The number of benzene rings is 1. The van der Waals surface area contributed by atoms with Crippen molar-refractivity contribution >= 4 is 38.9 Å². The van der Waals surface area contributed by atoms with Gasteiger partial charge < -0.3 is 5.32 Å².